The van der Waals surface area contributed by atoms with Crippen molar-refractivity contribution in [2.75, 3.05) is 7.11 Å². The second-order valence-corrected chi connectivity index (χ2v) is 4.94. The minimum atomic E-state index is -0.796. The standard InChI is InChI=1S/C14H20O3/c1-10(13(15)16)12-7-5-11(6-8-12)9-14(2,3)17-4/h5-8,10H,9H2,1-4H3,(H,15,16). The number of hydrogen-bond donors (Lipinski definition) is 1. The molecule has 0 aliphatic rings. The first-order valence-electron chi connectivity index (χ1n) is 5.72. The van der Waals surface area contributed by atoms with Crippen LogP contribution in [-0.4, -0.2) is 23.8 Å². The van der Waals surface area contributed by atoms with Crippen LogP contribution in [0.15, 0.2) is 24.3 Å². The third-order valence-corrected chi connectivity index (χ3v) is 3.03. The molecule has 0 aromatic heterocycles. The first-order valence-corrected chi connectivity index (χ1v) is 5.72. The van der Waals surface area contributed by atoms with Crippen molar-refractivity contribution in [3.63, 3.8) is 0 Å². The highest BCUT2D eigenvalue weighted by Crippen LogP contribution is 2.20. The first kappa shape index (κ1) is 13.7. The Labute approximate surface area is 102 Å². The predicted octanol–water partition coefficient (Wildman–Crippen LogP) is 2.84. The minimum absolute atomic E-state index is 0.195. The van der Waals surface area contributed by atoms with E-state index in [0.717, 1.165) is 17.5 Å². The summed E-state index contributed by atoms with van der Waals surface area (Å²) in [6, 6.07) is 7.69. The molecular formula is C14H20O3. The largest absolute Gasteiger partial charge is 0.481 e. The number of ether oxygens (including phenoxy) is 1. The van der Waals surface area contributed by atoms with Gasteiger partial charge in [-0.15, -0.1) is 0 Å². The Morgan fingerprint density at radius 2 is 1.88 bits per heavy atom. The van der Waals surface area contributed by atoms with Crippen LogP contribution in [0, 0.1) is 0 Å². The molecule has 0 fully saturated rings. The Balaban J connectivity index is 2.78. The highest BCUT2D eigenvalue weighted by molar-refractivity contribution is 5.75. The van der Waals surface area contributed by atoms with Crippen molar-refractivity contribution in [1.82, 2.24) is 0 Å². The molecule has 94 valence electrons. The van der Waals surface area contributed by atoms with Crippen LogP contribution in [0.1, 0.15) is 37.8 Å². The van der Waals surface area contributed by atoms with Crippen molar-refractivity contribution in [3.05, 3.63) is 35.4 Å². The van der Waals surface area contributed by atoms with Crippen molar-refractivity contribution < 1.29 is 14.6 Å². The van der Waals surface area contributed by atoms with Gasteiger partial charge < -0.3 is 9.84 Å². The fourth-order valence-electron chi connectivity index (χ4n) is 1.63. The maximum absolute atomic E-state index is 10.8. The Hall–Kier alpha value is -1.35. The van der Waals surface area contributed by atoms with Crippen LogP contribution < -0.4 is 0 Å². The fourth-order valence-corrected chi connectivity index (χ4v) is 1.63. The summed E-state index contributed by atoms with van der Waals surface area (Å²) in [5, 5.41) is 8.91. The van der Waals surface area contributed by atoms with Gasteiger partial charge in [-0.05, 0) is 31.9 Å². The topological polar surface area (TPSA) is 46.5 Å². The van der Waals surface area contributed by atoms with Crippen molar-refractivity contribution in [1.29, 1.82) is 0 Å². The zero-order chi connectivity index (χ0) is 13.1. The Morgan fingerprint density at radius 1 is 1.35 bits per heavy atom. The number of hydrogen-bond acceptors (Lipinski definition) is 2. The summed E-state index contributed by atoms with van der Waals surface area (Å²) in [5.41, 5.74) is 1.79. The van der Waals surface area contributed by atoms with E-state index in [-0.39, 0.29) is 5.60 Å². The molecule has 0 saturated carbocycles. The second kappa shape index (κ2) is 5.32. The van der Waals surface area contributed by atoms with E-state index in [1.165, 1.54) is 0 Å². The number of carbonyl (C=O) groups is 1. The molecule has 0 bridgehead atoms. The Bertz CT molecular complexity index is 379. The molecule has 1 aromatic carbocycles. The maximum Gasteiger partial charge on any atom is 0.310 e. The van der Waals surface area contributed by atoms with E-state index < -0.39 is 11.9 Å². The summed E-state index contributed by atoms with van der Waals surface area (Å²) in [5.74, 6) is -1.26. The molecule has 3 heteroatoms. The molecular weight excluding hydrogens is 216 g/mol. The molecule has 1 aromatic rings. The van der Waals surface area contributed by atoms with Crippen LogP contribution in [0.3, 0.4) is 0 Å². The summed E-state index contributed by atoms with van der Waals surface area (Å²) in [6.45, 7) is 5.75. The van der Waals surface area contributed by atoms with Gasteiger partial charge in [0.1, 0.15) is 0 Å². The first-order chi connectivity index (χ1) is 7.85. The van der Waals surface area contributed by atoms with Gasteiger partial charge in [-0.2, -0.15) is 0 Å². The summed E-state index contributed by atoms with van der Waals surface area (Å²) in [4.78, 5) is 10.8. The van der Waals surface area contributed by atoms with E-state index in [2.05, 4.69) is 0 Å². The number of aliphatic carboxylic acids is 1. The van der Waals surface area contributed by atoms with Gasteiger partial charge in [0.05, 0.1) is 11.5 Å². The summed E-state index contributed by atoms with van der Waals surface area (Å²) in [7, 11) is 1.70. The third-order valence-electron chi connectivity index (χ3n) is 3.03. The van der Waals surface area contributed by atoms with Gasteiger partial charge in [0.2, 0.25) is 0 Å². The molecule has 0 spiro atoms. The molecule has 0 amide bonds. The van der Waals surface area contributed by atoms with Crippen LogP contribution in [0.5, 0.6) is 0 Å². The molecule has 17 heavy (non-hydrogen) atoms. The molecule has 0 aliphatic heterocycles. The van der Waals surface area contributed by atoms with Gasteiger partial charge in [0.25, 0.3) is 0 Å². The lowest BCUT2D eigenvalue weighted by molar-refractivity contribution is -0.138. The quantitative estimate of drug-likeness (QED) is 0.855. The summed E-state index contributed by atoms with van der Waals surface area (Å²) < 4.78 is 5.36. The van der Waals surface area contributed by atoms with Crippen molar-refractivity contribution >= 4 is 5.97 Å². The van der Waals surface area contributed by atoms with E-state index >= 15 is 0 Å². The molecule has 1 rings (SSSR count). The smallest absolute Gasteiger partial charge is 0.310 e. The normalized spacial score (nSPS) is 13.4. The van der Waals surface area contributed by atoms with Crippen LogP contribution in [-0.2, 0) is 16.0 Å². The number of rotatable bonds is 5. The van der Waals surface area contributed by atoms with Gasteiger partial charge in [-0.3, -0.25) is 4.79 Å². The zero-order valence-corrected chi connectivity index (χ0v) is 10.9. The number of carboxylic acid groups (broad SMARTS) is 1. The van der Waals surface area contributed by atoms with Gasteiger partial charge in [-0.1, -0.05) is 24.3 Å². The zero-order valence-electron chi connectivity index (χ0n) is 10.9. The summed E-state index contributed by atoms with van der Waals surface area (Å²) in [6.07, 6.45) is 0.811. The van der Waals surface area contributed by atoms with Crippen molar-refractivity contribution in [2.24, 2.45) is 0 Å². The van der Waals surface area contributed by atoms with Crippen LogP contribution in [0.2, 0.25) is 0 Å². The lowest BCUT2D eigenvalue weighted by Crippen LogP contribution is -2.25. The third kappa shape index (κ3) is 3.86. The number of benzene rings is 1. The van der Waals surface area contributed by atoms with Gasteiger partial charge >= 0.3 is 5.97 Å². The fraction of sp³-hybridized carbons (Fsp3) is 0.500. The molecule has 0 heterocycles. The highest BCUT2D eigenvalue weighted by atomic mass is 16.5. The minimum Gasteiger partial charge on any atom is -0.481 e. The maximum atomic E-state index is 10.8. The van der Waals surface area contributed by atoms with E-state index in [1.807, 2.05) is 38.1 Å². The molecule has 1 atom stereocenters. The Kier molecular flexibility index (Phi) is 4.29. The van der Waals surface area contributed by atoms with Crippen LogP contribution in [0.25, 0.3) is 0 Å². The van der Waals surface area contributed by atoms with E-state index in [9.17, 15) is 4.79 Å². The lowest BCUT2D eigenvalue weighted by atomic mass is 9.95. The van der Waals surface area contributed by atoms with E-state index in [1.54, 1.807) is 14.0 Å². The van der Waals surface area contributed by atoms with Gasteiger partial charge in [-0.25, -0.2) is 0 Å². The number of carboxylic acids is 1. The number of methoxy groups -OCH3 is 1. The van der Waals surface area contributed by atoms with Gasteiger partial charge in [0, 0.05) is 13.5 Å². The van der Waals surface area contributed by atoms with E-state index in [4.69, 9.17) is 9.84 Å². The van der Waals surface area contributed by atoms with Crippen molar-refractivity contribution in [2.45, 2.75) is 38.7 Å². The summed E-state index contributed by atoms with van der Waals surface area (Å²) >= 11 is 0. The monoisotopic (exact) mass is 236 g/mol. The molecule has 0 radical (unpaired) electrons. The molecule has 3 nitrogen and oxygen atoms in total. The van der Waals surface area contributed by atoms with Gasteiger partial charge in [0.15, 0.2) is 0 Å². The second-order valence-electron chi connectivity index (χ2n) is 4.94. The lowest BCUT2D eigenvalue weighted by Gasteiger charge is -2.23. The molecule has 0 saturated heterocycles. The molecule has 1 unspecified atom stereocenters. The van der Waals surface area contributed by atoms with Crippen LogP contribution >= 0.6 is 0 Å². The average molecular weight is 236 g/mol. The van der Waals surface area contributed by atoms with E-state index in [0.29, 0.717) is 0 Å². The average Bonchev–Trinajstić information content (AvgIpc) is 2.28. The highest BCUT2D eigenvalue weighted by Gasteiger charge is 2.18. The predicted molar refractivity (Wildman–Crippen MR) is 67.3 cm³/mol. The Morgan fingerprint density at radius 3 is 2.29 bits per heavy atom. The van der Waals surface area contributed by atoms with Crippen LogP contribution in [0.4, 0.5) is 0 Å². The van der Waals surface area contributed by atoms with Crippen molar-refractivity contribution in [3.8, 4) is 0 Å². The molecule has 1 N–H and O–H groups in total. The molecule has 0 aliphatic carbocycles. The SMILES string of the molecule is COC(C)(C)Cc1ccc(C(C)C(=O)O)cc1.